The molecular formula is C40H84N2O. The molecule has 0 aromatic rings. The number of aliphatic hydroxyl groups is 1. The molecule has 2 N–H and O–H groups in total. The molecule has 0 saturated carbocycles. The molecule has 0 aromatic heterocycles. The molecule has 0 radical (unpaired) electrons. The molecule has 0 aliphatic carbocycles. The lowest BCUT2D eigenvalue weighted by molar-refractivity contribution is -0.0302. The van der Waals surface area contributed by atoms with Crippen molar-refractivity contribution in [2.45, 2.75) is 232 Å². The van der Waals surface area contributed by atoms with Crippen molar-refractivity contribution in [3.63, 3.8) is 0 Å². The van der Waals surface area contributed by atoms with Gasteiger partial charge in [-0.05, 0) is 45.3 Å². The maximum atomic E-state index is 11.5. The van der Waals surface area contributed by atoms with Gasteiger partial charge in [-0.2, -0.15) is 0 Å². The van der Waals surface area contributed by atoms with Gasteiger partial charge in [-0.25, -0.2) is 0 Å². The average molecular weight is 609 g/mol. The molecule has 0 heterocycles. The summed E-state index contributed by atoms with van der Waals surface area (Å²) in [5.41, 5.74) is -0.740. The summed E-state index contributed by atoms with van der Waals surface area (Å²) in [5.74, 6) is 0. The molecule has 0 aliphatic heterocycles. The molecule has 0 bridgehead atoms. The summed E-state index contributed by atoms with van der Waals surface area (Å²) < 4.78 is 0. The Bertz CT molecular complexity index is 489. The molecule has 1 atom stereocenters. The van der Waals surface area contributed by atoms with Gasteiger partial charge in [-0.1, -0.05) is 201 Å². The molecule has 43 heavy (non-hydrogen) atoms. The largest absolute Gasteiger partial charge is 0.375 e. The van der Waals surface area contributed by atoms with Gasteiger partial charge < -0.3 is 5.11 Å². The predicted molar refractivity (Wildman–Crippen MR) is 195 cm³/mol. The Kier molecular flexibility index (Phi) is 34.7. The van der Waals surface area contributed by atoms with E-state index in [1.807, 2.05) is 0 Å². The van der Waals surface area contributed by atoms with Crippen LogP contribution in [0, 0.1) is 0 Å². The maximum Gasteiger partial charge on any atom is 0.128 e. The molecule has 0 amide bonds. The van der Waals surface area contributed by atoms with Crippen LogP contribution in [0.5, 0.6) is 0 Å². The minimum Gasteiger partial charge on any atom is -0.375 e. The van der Waals surface area contributed by atoms with E-state index in [9.17, 15) is 5.11 Å². The summed E-state index contributed by atoms with van der Waals surface area (Å²) in [5, 5.41) is 15.1. The summed E-state index contributed by atoms with van der Waals surface area (Å²) in [6.07, 6.45) is 42.2. The predicted octanol–water partition coefficient (Wildman–Crippen LogP) is 12.7. The Morgan fingerprint density at radius 3 is 0.977 bits per heavy atom. The van der Waals surface area contributed by atoms with Crippen molar-refractivity contribution in [2.75, 3.05) is 26.2 Å². The number of unbranched alkanes of at least 4 members (excludes halogenated alkanes) is 27. The lowest BCUT2D eigenvalue weighted by Gasteiger charge is -2.35. The molecule has 1 unspecified atom stereocenters. The molecule has 260 valence electrons. The van der Waals surface area contributed by atoms with Crippen LogP contribution in [-0.4, -0.2) is 41.9 Å². The van der Waals surface area contributed by atoms with Gasteiger partial charge in [-0.15, -0.1) is 0 Å². The van der Waals surface area contributed by atoms with Crippen LogP contribution in [0.15, 0.2) is 0 Å². The molecule has 0 saturated heterocycles. The van der Waals surface area contributed by atoms with Crippen molar-refractivity contribution in [3.8, 4) is 0 Å². The molecular weight excluding hydrogens is 524 g/mol. The van der Waals surface area contributed by atoms with E-state index in [2.05, 4.69) is 37.9 Å². The van der Waals surface area contributed by atoms with Crippen molar-refractivity contribution in [2.24, 2.45) is 0 Å². The van der Waals surface area contributed by atoms with Gasteiger partial charge in [0.05, 0.1) is 0 Å². The second-order valence-electron chi connectivity index (χ2n) is 14.1. The second-order valence-corrected chi connectivity index (χ2v) is 14.1. The van der Waals surface area contributed by atoms with Gasteiger partial charge >= 0.3 is 0 Å². The number of nitrogens with one attached hydrogen (secondary N) is 1. The van der Waals surface area contributed by atoms with E-state index in [1.165, 1.54) is 193 Å². The topological polar surface area (TPSA) is 35.5 Å². The minimum atomic E-state index is -0.740. The number of rotatable bonds is 37. The van der Waals surface area contributed by atoms with E-state index in [0.717, 1.165) is 32.6 Å². The number of hydrogen-bond acceptors (Lipinski definition) is 3. The molecule has 0 rings (SSSR count). The van der Waals surface area contributed by atoms with E-state index in [4.69, 9.17) is 0 Å². The van der Waals surface area contributed by atoms with Gasteiger partial charge in [0, 0.05) is 6.54 Å². The van der Waals surface area contributed by atoms with Crippen molar-refractivity contribution < 1.29 is 5.11 Å². The van der Waals surface area contributed by atoms with Crippen LogP contribution in [0.2, 0.25) is 0 Å². The van der Waals surface area contributed by atoms with Crippen LogP contribution in [0.3, 0.4) is 0 Å². The lowest BCUT2D eigenvalue weighted by atomic mass is 10.0. The zero-order chi connectivity index (χ0) is 31.5. The fourth-order valence-electron chi connectivity index (χ4n) is 6.51. The Labute approximate surface area is 273 Å². The lowest BCUT2D eigenvalue weighted by Crippen LogP contribution is -2.53. The van der Waals surface area contributed by atoms with Crippen molar-refractivity contribution >= 4 is 0 Å². The zero-order valence-corrected chi connectivity index (χ0v) is 30.6. The summed E-state index contributed by atoms with van der Waals surface area (Å²) in [7, 11) is 0. The zero-order valence-electron chi connectivity index (χ0n) is 30.6. The van der Waals surface area contributed by atoms with E-state index < -0.39 is 5.72 Å². The molecule has 0 fully saturated rings. The first-order valence-corrected chi connectivity index (χ1v) is 20.3. The number of hydrogen-bond donors (Lipinski definition) is 2. The third-order valence-corrected chi connectivity index (χ3v) is 9.71. The SMILES string of the molecule is CCCCCCCCCCCCNC(O)(CC)CN(CCCCCCCCCCCC)CCCCCCCCCCCC. The molecule has 0 aromatic carbocycles. The highest BCUT2D eigenvalue weighted by atomic mass is 16.3. The van der Waals surface area contributed by atoms with Crippen LogP contribution >= 0.6 is 0 Å². The third kappa shape index (κ3) is 31.6. The van der Waals surface area contributed by atoms with Gasteiger partial charge in [0.2, 0.25) is 0 Å². The summed E-state index contributed by atoms with van der Waals surface area (Å²) in [6, 6.07) is 0. The Morgan fingerprint density at radius 2 is 0.674 bits per heavy atom. The highest BCUT2D eigenvalue weighted by molar-refractivity contribution is 4.79. The van der Waals surface area contributed by atoms with E-state index in [-0.39, 0.29) is 0 Å². The quantitative estimate of drug-likeness (QED) is 0.0544. The minimum absolute atomic E-state index is 0.740. The second kappa shape index (κ2) is 34.7. The molecule has 0 spiro atoms. The first-order chi connectivity index (χ1) is 21.1. The Hall–Kier alpha value is -0.120. The van der Waals surface area contributed by atoms with Gasteiger partial charge in [0.15, 0.2) is 0 Å². The molecule has 0 aliphatic rings. The Balaban J connectivity index is 4.32. The smallest absolute Gasteiger partial charge is 0.128 e. The van der Waals surface area contributed by atoms with E-state index >= 15 is 0 Å². The fraction of sp³-hybridized carbons (Fsp3) is 1.00. The van der Waals surface area contributed by atoms with E-state index in [0.29, 0.717) is 0 Å². The highest BCUT2D eigenvalue weighted by Gasteiger charge is 2.26. The van der Waals surface area contributed by atoms with Crippen LogP contribution in [0.4, 0.5) is 0 Å². The maximum absolute atomic E-state index is 11.5. The first-order valence-electron chi connectivity index (χ1n) is 20.3. The fourth-order valence-corrected chi connectivity index (χ4v) is 6.51. The van der Waals surface area contributed by atoms with Crippen molar-refractivity contribution in [1.29, 1.82) is 0 Å². The Morgan fingerprint density at radius 1 is 0.395 bits per heavy atom. The molecule has 3 heteroatoms. The number of nitrogens with zero attached hydrogens (tertiary/aromatic N) is 1. The van der Waals surface area contributed by atoms with Gasteiger partial charge in [0.1, 0.15) is 5.72 Å². The standard InChI is InChI=1S/C40H84N2O/c1-5-9-12-15-18-21-24-27-30-33-36-41-40(43,8-4)39-42(37-34-31-28-25-22-19-16-13-10-6-2)38-35-32-29-26-23-20-17-14-11-7-3/h41,43H,5-39H2,1-4H3. The normalized spacial score (nSPS) is 13.3. The van der Waals surface area contributed by atoms with Crippen molar-refractivity contribution in [1.82, 2.24) is 10.2 Å². The molecule has 3 nitrogen and oxygen atoms in total. The van der Waals surface area contributed by atoms with Crippen molar-refractivity contribution in [3.05, 3.63) is 0 Å². The van der Waals surface area contributed by atoms with Crippen LogP contribution < -0.4 is 5.32 Å². The summed E-state index contributed by atoms with van der Waals surface area (Å²) in [6.45, 7) is 13.1. The summed E-state index contributed by atoms with van der Waals surface area (Å²) >= 11 is 0. The van der Waals surface area contributed by atoms with Crippen LogP contribution in [-0.2, 0) is 0 Å². The monoisotopic (exact) mass is 609 g/mol. The third-order valence-electron chi connectivity index (χ3n) is 9.71. The van der Waals surface area contributed by atoms with E-state index in [1.54, 1.807) is 0 Å². The summed E-state index contributed by atoms with van der Waals surface area (Å²) in [4.78, 5) is 2.60. The average Bonchev–Trinajstić information content (AvgIpc) is 3.01. The van der Waals surface area contributed by atoms with Crippen LogP contribution in [0.25, 0.3) is 0 Å². The van der Waals surface area contributed by atoms with Gasteiger partial charge in [0.25, 0.3) is 0 Å². The van der Waals surface area contributed by atoms with Gasteiger partial charge in [-0.3, -0.25) is 10.2 Å². The highest BCUT2D eigenvalue weighted by Crippen LogP contribution is 2.16. The van der Waals surface area contributed by atoms with Crippen LogP contribution in [0.1, 0.15) is 227 Å². The first kappa shape index (κ1) is 42.9.